The Kier molecular flexibility index (Phi) is 6.97. The lowest BCUT2D eigenvalue weighted by molar-refractivity contribution is -0.115. The Hall–Kier alpha value is -3.34. The summed E-state index contributed by atoms with van der Waals surface area (Å²) in [4.78, 5) is 34.4. The van der Waals surface area contributed by atoms with Crippen LogP contribution in [0.1, 0.15) is 34.3 Å². The molecule has 0 bridgehead atoms. The van der Waals surface area contributed by atoms with Gasteiger partial charge >= 0.3 is 0 Å². The van der Waals surface area contributed by atoms with Gasteiger partial charge in [0.1, 0.15) is 10.7 Å². The standard InChI is InChI=1S/C26H23N3O2S2/c1-16-17(2)33-26-23(16)25(31)28-22(29-26)15-32-18(3)24(30)27-21-11-7-10-20(14-21)13-12-19-8-5-4-6-9-19/h4-11,14,18H,15H2,1-3H3,(H,27,30)(H,28,29,31). The van der Waals surface area contributed by atoms with Crippen LogP contribution in [0.2, 0.25) is 0 Å². The molecule has 166 valence electrons. The van der Waals surface area contributed by atoms with Gasteiger partial charge < -0.3 is 10.3 Å². The second kappa shape index (κ2) is 10.1. The Morgan fingerprint density at radius 3 is 2.64 bits per heavy atom. The number of H-pyrrole nitrogens is 1. The third kappa shape index (κ3) is 5.54. The average Bonchev–Trinajstić information content (AvgIpc) is 3.10. The second-order valence-corrected chi connectivity index (χ2v) is 10.1. The Morgan fingerprint density at radius 1 is 1.12 bits per heavy atom. The molecule has 0 fully saturated rings. The molecule has 2 aromatic carbocycles. The number of aromatic nitrogens is 2. The topological polar surface area (TPSA) is 74.8 Å². The molecule has 0 aliphatic heterocycles. The van der Waals surface area contributed by atoms with E-state index in [1.54, 1.807) is 0 Å². The maximum absolute atomic E-state index is 12.7. The smallest absolute Gasteiger partial charge is 0.259 e. The van der Waals surface area contributed by atoms with Crippen LogP contribution < -0.4 is 10.9 Å². The number of thiophene rings is 1. The van der Waals surface area contributed by atoms with Gasteiger partial charge in [0, 0.05) is 21.7 Å². The van der Waals surface area contributed by atoms with Gasteiger partial charge in [-0.2, -0.15) is 0 Å². The number of amides is 1. The van der Waals surface area contributed by atoms with Gasteiger partial charge in [-0.3, -0.25) is 9.59 Å². The lowest BCUT2D eigenvalue weighted by Gasteiger charge is -2.12. The predicted molar refractivity (Wildman–Crippen MR) is 138 cm³/mol. The molecular weight excluding hydrogens is 450 g/mol. The Bertz CT molecular complexity index is 1430. The molecule has 1 atom stereocenters. The average molecular weight is 474 g/mol. The van der Waals surface area contributed by atoms with Gasteiger partial charge in [0.05, 0.1) is 16.4 Å². The number of aryl methyl sites for hydroxylation is 2. The summed E-state index contributed by atoms with van der Waals surface area (Å²) in [6.45, 7) is 5.77. The van der Waals surface area contributed by atoms with Crippen LogP contribution in [-0.4, -0.2) is 21.1 Å². The number of rotatable bonds is 5. The van der Waals surface area contributed by atoms with E-state index < -0.39 is 0 Å². The summed E-state index contributed by atoms with van der Waals surface area (Å²) < 4.78 is 0. The van der Waals surface area contributed by atoms with Crippen molar-refractivity contribution in [3.05, 3.63) is 92.3 Å². The van der Waals surface area contributed by atoms with Gasteiger partial charge in [-0.05, 0) is 56.7 Å². The lowest BCUT2D eigenvalue weighted by Crippen LogP contribution is -2.23. The summed E-state index contributed by atoms with van der Waals surface area (Å²) >= 11 is 2.95. The van der Waals surface area contributed by atoms with E-state index in [-0.39, 0.29) is 16.7 Å². The van der Waals surface area contributed by atoms with E-state index in [1.807, 2.05) is 75.4 Å². The van der Waals surface area contributed by atoms with Crippen LogP contribution in [0.4, 0.5) is 5.69 Å². The summed E-state index contributed by atoms with van der Waals surface area (Å²) in [6, 6.07) is 17.3. The lowest BCUT2D eigenvalue weighted by atomic mass is 10.1. The number of nitrogens with one attached hydrogen (secondary N) is 2. The summed E-state index contributed by atoms with van der Waals surface area (Å²) in [5.74, 6) is 7.16. The number of aromatic amines is 1. The first kappa shape index (κ1) is 22.8. The van der Waals surface area contributed by atoms with Gasteiger partial charge in [-0.15, -0.1) is 23.1 Å². The van der Waals surface area contributed by atoms with Crippen LogP contribution in [0.5, 0.6) is 0 Å². The van der Waals surface area contributed by atoms with E-state index in [0.717, 1.165) is 26.4 Å². The maximum Gasteiger partial charge on any atom is 0.259 e. The van der Waals surface area contributed by atoms with Crippen LogP contribution in [0, 0.1) is 25.7 Å². The van der Waals surface area contributed by atoms with E-state index >= 15 is 0 Å². The molecule has 5 nitrogen and oxygen atoms in total. The maximum atomic E-state index is 12.7. The SMILES string of the molecule is Cc1sc2nc(CSC(C)C(=O)Nc3cccc(C#Cc4ccccc4)c3)[nH]c(=O)c2c1C. The summed E-state index contributed by atoms with van der Waals surface area (Å²) in [5.41, 5.74) is 3.32. The van der Waals surface area contributed by atoms with E-state index in [9.17, 15) is 9.59 Å². The van der Waals surface area contributed by atoms with Gasteiger partial charge in [-0.1, -0.05) is 36.1 Å². The number of hydrogen-bond donors (Lipinski definition) is 2. The predicted octanol–water partition coefficient (Wildman–Crippen LogP) is 5.26. The van der Waals surface area contributed by atoms with E-state index in [2.05, 4.69) is 27.1 Å². The molecule has 0 spiro atoms. The van der Waals surface area contributed by atoms with Crippen LogP contribution >= 0.6 is 23.1 Å². The summed E-state index contributed by atoms with van der Waals surface area (Å²) in [7, 11) is 0. The Morgan fingerprint density at radius 2 is 1.85 bits per heavy atom. The number of hydrogen-bond acceptors (Lipinski definition) is 5. The van der Waals surface area contributed by atoms with Crippen molar-refractivity contribution in [1.29, 1.82) is 0 Å². The van der Waals surface area contributed by atoms with Crippen molar-refractivity contribution in [2.45, 2.75) is 31.8 Å². The van der Waals surface area contributed by atoms with Crippen LogP contribution in [-0.2, 0) is 10.5 Å². The quantitative estimate of drug-likeness (QED) is 0.388. The van der Waals surface area contributed by atoms with Gasteiger partial charge in [0.25, 0.3) is 5.56 Å². The fourth-order valence-corrected chi connectivity index (χ4v) is 5.04. The van der Waals surface area contributed by atoms with Crippen molar-refractivity contribution in [3.63, 3.8) is 0 Å². The molecule has 1 unspecified atom stereocenters. The molecule has 33 heavy (non-hydrogen) atoms. The molecular formula is C26H23N3O2S2. The molecule has 1 amide bonds. The number of nitrogens with zero attached hydrogens (tertiary/aromatic N) is 1. The van der Waals surface area contributed by atoms with Crippen molar-refractivity contribution in [3.8, 4) is 11.8 Å². The molecule has 0 aliphatic rings. The van der Waals surface area contributed by atoms with Crippen molar-refractivity contribution in [2.75, 3.05) is 5.32 Å². The van der Waals surface area contributed by atoms with E-state index in [1.165, 1.54) is 23.1 Å². The first-order valence-corrected chi connectivity index (χ1v) is 12.4. The minimum Gasteiger partial charge on any atom is -0.325 e. The highest BCUT2D eigenvalue weighted by Crippen LogP contribution is 2.26. The Balaban J connectivity index is 1.39. The van der Waals surface area contributed by atoms with Gasteiger partial charge in [0.15, 0.2) is 0 Å². The third-order valence-electron chi connectivity index (χ3n) is 5.18. The normalized spacial score (nSPS) is 11.6. The van der Waals surface area contributed by atoms with Crippen molar-refractivity contribution in [1.82, 2.24) is 9.97 Å². The number of carbonyl (C=O) groups excluding carboxylic acids is 1. The van der Waals surface area contributed by atoms with Crippen molar-refractivity contribution in [2.24, 2.45) is 0 Å². The third-order valence-corrected chi connectivity index (χ3v) is 7.44. The molecule has 0 saturated carbocycles. The summed E-state index contributed by atoms with van der Waals surface area (Å²) in [5, 5.41) is 3.29. The molecule has 4 aromatic rings. The van der Waals surface area contributed by atoms with Gasteiger partial charge in [-0.25, -0.2) is 4.98 Å². The van der Waals surface area contributed by atoms with Gasteiger partial charge in [0.2, 0.25) is 5.91 Å². The fourth-order valence-electron chi connectivity index (χ4n) is 3.23. The molecule has 2 heterocycles. The molecule has 4 rings (SSSR count). The zero-order valence-electron chi connectivity index (χ0n) is 18.6. The minimum atomic E-state index is -0.322. The summed E-state index contributed by atoms with van der Waals surface area (Å²) in [6.07, 6.45) is 0. The van der Waals surface area contributed by atoms with Crippen LogP contribution in [0.15, 0.2) is 59.4 Å². The zero-order valence-corrected chi connectivity index (χ0v) is 20.2. The highest BCUT2D eigenvalue weighted by Gasteiger charge is 2.16. The van der Waals surface area contributed by atoms with Crippen molar-refractivity contribution < 1.29 is 4.79 Å². The number of thioether (sulfide) groups is 1. The molecule has 0 saturated heterocycles. The van der Waals surface area contributed by atoms with E-state index in [0.29, 0.717) is 22.7 Å². The molecule has 0 radical (unpaired) electrons. The molecule has 7 heteroatoms. The monoisotopic (exact) mass is 473 g/mol. The number of benzene rings is 2. The molecule has 2 aromatic heterocycles. The van der Waals surface area contributed by atoms with Crippen LogP contribution in [0.3, 0.4) is 0 Å². The molecule has 0 aliphatic carbocycles. The fraction of sp³-hybridized carbons (Fsp3) is 0.192. The highest BCUT2D eigenvalue weighted by atomic mass is 32.2. The number of anilines is 1. The second-order valence-electron chi connectivity index (χ2n) is 7.62. The van der Waals surface area contributed by atoms with Crippen LogP contribution in [0.25, 0.3) is 10.2 Å². The molecule has 2 N–H and O–H groups in total. The Labute approximate surface area is 200 Å². The van der Waals surface area contributed by atoms with E-state index in [4.69, 9.17) is 0 Å². The highest BCUT2D eigenvalue weighted by molar-refractivity contribution is 7.99. The first-order chi connectivity index (χ1) is 15.9. The zero-order chi connectivity index (χ0) is 23.4. The number of fused-ring (bicyclic) bond motifs is 1. The minimum absolute atomic E-state index is 0.112. The number of carbonyl (C=O) groups is 1. The first-order valence-electron chi connectivity index (χ1n) is 10.5. The van der Waals surface area contributed by atoms with Crippen molar-refractivity contribution >= 4 is 44.9 Å². The largest absolute Gasteiger partial charge is 0.325 e.